The molecule has 0 aromatic rings. The van der Waals surface area contributed by atoms with Crippen molar-refractivity contribution in [2.45, 2.75) is 36.8 Å². The number of aliphatic hydroxyl groups excluding tert-OH is 2. The second-order valence-electron chi connectivity index (χ2n) is 4.97. The Labute approximate surface area is 99.4 Å². The van der Waals surface area contributed by atoms with E-state index in [-0.39, 0.29) is 30.8 Å². The lowest BCUT2D eigenvalue weighted by Crippen LogP contribution is -2.49. The van der Waals surface area contributed by atoms with Gasteiger partial charge in [-0.2, -0.15) is 0 Å². The molecule has 3 fully saturated rings. The Hall–Kier alpha value is -0.240. The summed E-state index contributed by atoms with van der Waals surface area (Å²) < 4.78 is 21.6. The van der Waals surface area contributed by atoms with Gasteiger partial charge in [0.15, 0.2) is 12.6 Å². The molecule has 2 N–H and O–H groups in total. The lowest BCUT2D eigenvalue weighted by Gasteiger charge is -2.41. The molecule has 1 saturated carbocycles. The molecule has 0 aromatic heterocycles. The molecule has 2 saturated heterocycles. The van der Waals surface area contributed by atoms with Gasteiger partial charge in [0.05, 0.1) is 12.7 Å². The van der Waals surface area contributed by atoms with Crippen LogP contribution < -0.4 is 0 Å². The number of aliphatic hydroxyl groups is 2. The molecular weight excluding hydrogens is 228 g/mol. The third kappa shape index (κ3) is 1.43. The normalized spacial score (nSPS) is 56.5. The van der Waals surface area contributed by atoms with Crippen LogP contribution in [0, 0.1) is 11.8 Å². The Kier molecular flexibility index (Phi) is 2.70. The summed E-state index contributed by atoms with van der Waals surface area (Å²) in [7, 11) is 3.12. The second kappa shape index (κ2) is 3.88. The summed E-state index contributed by atoms with van der Waals surface area (Å²) in [6.07, 6.45) is -1.15. The minimum absolute atomic E-state index is 0.00968. The van der Waals surface area contributed by atoms with Crippen LogP contribution in [-0.4, -0.2) is 61.4 Å². The van der Waals surface area contributed by atoms with Crippen molar-refractivity contribution >= 4 is 0 Å². The molecule has 0 spiro atoms. The monoisotopic (exact) mass is 246 g/mol. The maximum absolute atomic E-state index is 10.2. The van der Waals surface area contributed by atoms with E-state index in [4.69, 9.17) is 18.9 Å². The molecular formula is C11H18O6. The zero-order valence-electron chi connectivity index (χ0n) is 9.91. The zero-order chi connectivity index (χ0) is 12.2. The van der Waals surface area contributed by atoms with Gasteiger partial charge in [-0.25, -0.2) is 0 Å². The third-order valence-electron chi connectivity index (χ3n) is 4.33. The molecule has 17 heavy (non-hydrogen) atoms. The average molecular weight is 246 g/mol. The van der Waals surface area contributed by atoms with Crippen molar-refractivity contribution in [1.29, 1.82) is 0 Å². The van der Waals surface area contributed by atoms with Crippen LogP contribution in [0.5, 0.6) is 0 Å². The van der Waals surface area contributed by atoms with Crippen LogP contribution in [0.25, 0.3) is 0 Å². The molecule has 7 atom stereocenters. The minimum Gasteiger partial charge on any atom is -0.393 e. The molecule has 2 heterocycles. The number of methoxy groups -OCH3 is 2. The number of ether oxygens (including phenoxy) is 4. The summed E-state index contributed by atoms with van der Waals surface area (Å²) >= 11 is 0. The van der Waals surface area contributed by atoms with Gasteiger partial charge < -0.3 is 29.2 Å². The fourth-order valence-electron chi connectivity index (χ4n) is 3.45. The van der Waals surface area contributed by atoms with Crippen LogP contribution >= 0.6 is 0 Å². The summed E-state index contributed by atoms with van der Waals surface area (Å²) in [4.78, 5) is 0. The van der Waals surface area contributed by atoms with Gasteiger partial charge in [-0.3, -0.25) is 0 Å². The Morgan fingerprint density at radius 3 is 2.71 bits per heavy atom. The number of hydrogen-bond acceptors (Lipinski definition) is 6. The second-order valence-corrected chi connectivity index (χ2v) is 4.97. The first-order valence-corrected chi connectivity index (χ1v) is 5.85. The average Bonchev–Trinajstić information content (AvgIpc) is 3.06. The molecule has 2 aliphatic heterocycles. The molecule has 3 aliphatic rings. The van der Waals surface area contributed by atoms with Crippen molar-refractivity contribution in [3.8, 4) is 0 Å². The van der Waals surface area contributed by atoms with E-state index in [0.717, 1.165) is 0 Å². The predicted molar refractivity (Wildman–Crippen MR) is 55.0 cm³/mol. The van der Waals surface area contributed by atoms with E-state index in [1.54, 1.807) is 14.2 Å². The predicted octanol–water partition coefficient (Wildman–Crippen LogP) is -0.911. The maximum Gasteiger partial charge on any atom is 0.166 e. The lowest BCUT2D eigenvalue weighted by atomic mass is 9.83. The topological polar surface area (TPSA) is 80.7 Å². The van der Waals surface area contributed by atoms with Crippen LogP contribution in [0.1, 0.15) is 6.42 Å². The van der Waals surface area contributed by atoms with Crippen molar-refractivity contribution in [3.05, 3.63) is 0 Å². The van der Waals surface area contributed by atoms with Gasteiger partial charge in [-0.05, 0) is 0 Å². The zero-order valence-corrected chi connectivity index (χ0v) is 9.91. The third-order valence-corrected chi connectivity index (χ3v) is 4.33. The van der Waals surface area contributed by atoms with Crippen molar-refractivity contribution < 1.29 is 29.2 Å². The lowest BCUT2D eigenvalue weighted by molar-refractivity contribution is -0.299. The summed E-state index contributed by atoms with van der Waals surface area (Å²) in [6, 6.07) is 0. The van der Waals surface area contributed by atoms with Crippen molar-refractivity contribution in [2.24, 2.45) is 11.8 Å². The Bertz CT molecular complexity index is 310. The smallest absolute Gasteiger partial charge is 0.166 e. The van der Waals surface area contributed by atoms with Gasteiger partial charge in [-0.15, -0.1) is 0 Å². The van der Waals surface area contributed by atoms with Gasteiger partial charge in [0, 0.05) is 32.5 Å². The molecule has 6 nitrogen and oxygen atoms in total. The molecule has 0 aromatic carbocycles. The van der Waals surface area contributed by atoms with E-state index in [0.29, 0.717) is 6.42 Å². The van der Waals surface area contributed by atoms with Crippen LogP contribution in [-0.2, 0) is 18.9 Å². The number of rotatable bonds is 3. The molecule has 1 aliphatic carbocycles. The quantitative estimate of drug-likeness (QED) is 0.627. The molecule has 0 bridgehead atoms. The van der Waals surface area contributed by atoms with Crippen LogP contribution in [0.15, 0.2) is 0 Å². The van der Waals surface area contributed by atoms with E-state index in [1.165, 1.54) is 0 Å². The first kappa shape index (κ1) is 11.8. The molecule has 6 heteroatoms. The molecule has 0 radical (unpaired) electrons. The first-order chi connectivity index (χ1) is 8.17. The minimum atomic E-state index is -0.677. The summed E-state index contributed by atoms with van der Waals surface area (Å²) in [5, 5.41) is 19.6. The maximum atomic E-state index is 10.2. The van der Waals surface area contributed by atoms with E-state index >= 15 is 0 Å². The van der Waals surface area contributed by atoms with Crippen LogP contribution in [0.2, 0.25) is 0 Å². The van der Waals surface area contributed by atoms with E-state index in [2.05, 4.69) is 0 Å². The summed E-state index contributed by atoms with van der Waals surface area (Å²) in [5.41, 5.74) is -0.677. The standard InChI is InChI=1S/C11H18O6/c1-14-6-3-5-7(10(15-2)16-6)11(4-12)9(17-11)8(5)13/h5-10,12-13H,3-4H2,1-2H3/t5?,6-,7?,8?,9?,10-,11?/m0/s1. The molecule has 98 valence electrons. The van der Waals surface area contributed by atoms with E-state index in [9.17, 15) is 10.2 Å². The highest BCUT2D eigenvalue weighted by molar-refractivity contribution is 5.21. The van der Waals surface area contributed by atoms with Gasteiger partial charge in [-0.1, -0.05) is 0 Å². The van der Waals surface area contributed by atoms with Crippen molar-refractivity contribution in [1.82, 2.24) is 0 Å². The first-order valence-electron chi connectivity index (χ1n) is 5.85. The van der Waals surface area contributed by atoms with Gasteiger partial charge in [0.1, 0.15) is 11.7 Å². The molecule has 0 amide bonds. The Morgan fingerprint density at radius 2 is 2.12 bits per heavy atom. The van der Waals surface area contributed by atoms with E-state index in [1.807, 2.05) is 0 Å². The fourth-order valence-corrected chi connectivity index (χ4v) is 3.45. The highest BCUT2D eigenvalue weighted by atomic mass is 16.8. The van der Waals surface area contributed by atoms with Gasteiger partial charge in [0.25, 0.3) is 0 Å². The number of fused-ring (bicyclic) bond motifs is 3. The SMILES string of the molecule is CO[C@@H]1CC2C(O)C3OC3(CO)C2[C@@H](OC)O1. The number of hydrogen-bond donors (Lipinski definition) is 2. The van der Waals surface area contributed by atoms with Gasteiger partial charge >= 0.3 is 0 Å². The molecule has 3 rings (SSSR count). The highest BCUT2D eigenvalue weighted by Gasteiger charge is 2.76. The molecule has 5 unspecified atom stereocenters. The summed E-state index contributed by atoms with van der Waals surface area (Å²) in [5.74, 6) is -0.145. The largest absolute Gasteiger partial charge is 0.393 e. The van der Waals surface area contributed by atoms with E-state index < -0.39 is 18.0 Å². The Balaban J connectivity index is 1.87. The fraction of sp³-hybridized carbons (Fsp3) is 1.00. The van der Waals surface area contributed by atoms with Gasteiger partial charge in [0.2, 0.25) is 0 Å². The van der Waals surface area contributed by atoms with Crippen LogP contribution in [0.3, 0.4) is 0 Å². The Morgan fingerprint density at radius 1 is 1.35 bits per heavy atom. The van der Waals surface area contributed by atoms with Crippen molar-refractivity contribution in [2.75, 3.05) is 20.8 Å². The van der Waals surface area contributed by atoms with Crippen molar-refractivity contribution in [3.63, 3.8) is 0 Å². The summed E-state index contributed by atoms with van der Waals surface area (Å²) in [6.45, 7) is -0.114. The number of epoxide rings is 1. The highest BCUT2D eigenvalue weighted by Crippen LogP contribution is 2.60. The van der Waals surface area contributed by atoms with Crippen LogP contribution in [0.4, 0.5) is 0 Å².